The van der Waals surface area contributed by atoms with Crippen molar-refractivity contribution in [3.63, 3.8) is 0 Å². The van der Waals surface area contributed by atoms with Gasteiger partial charge in [0.05, 0.1) is 31.4 Å². The molecule has 0 radical (unpaired) electrons. The van der Waals surface area contributed by atoms with E-state index in [1.165, 1.54) is 19.1 Å². The second-order valence-electron chi connectivity index (χ2n) is 5.66. The minimum absolute atomic E-state index is 0.140. The van der Waals surface area contributed by atoms with Crippen molar-refractivity contribution in [2.45, 2.75) is 32.0 Å². The number of hydrogen-bond acceptors (Lipinski definition) is 5. The first-order valence-corrected chi connectivity index (χ1v) is 7.55. The van der Waals surface area contributed by atoms with Crippen LogP contribution in [0.5, 0.6) is 0 Å². The summed E-state index contributed by atoms with van der Waals surface area (Å²) in [7, 11) is 2.91. The van der Waals surface area contributed by atoms with Crippen LogP contribution in [-0.4, -0.2) is 60.7 Å². The van der Waals surface area contributed by atoms with Gasteiger partial charge in [0.2, 0.25) is 0 Å². The molecule has 140 valence electrons. The lowest BCUT2D eigenvalue weighted by molar-refractivity contribution is -0.139. The second kappa shape index (κ2) is 7.54. The molecular formula is C15H20F3N3O4. The fourth-order valence-electron chi connectivity index (χ4n) is 2.41. The maximum Gasteiger partial charge on any atom is 0.416 e. The van der Waals surface area contributed by atoms with E-state index in [-0.39, 0.29) is 31.2 Å². The Morgan fingerprint density at radius 1 is 1.36 bits per heavy atom. The molecule has 0 spiro atoms. The fraction of sp³-hybridized carbons (Fsp3) is 0.600. The van der Waals surface area contributed by atoms with E-state index in [0.29, 0.717) is 0 Å². The molecule has 0 saturated carbocycles. The molecule has 2 amide bonds. The topological polar surface area (TPSA) is 75.1 Å². The van der Waals surface area contributed by atoms with E-state index in [1.54, 1.807) is 6.92 Å². The zero-order valence-electron chi connectivity index (χ0n) is 14.1. The number of urea groups is 1. The van der Waals surface area contributed by atoms with Crippen LogP contribution in [0.4, 0.5) is 23.8 Å². The molecule has 2 unspecified atom stereocenters. The van der Waals surface area contributed by atoms with E-state index >= 15 is 0 Å². The Balaban J connectivity index is 2.31. The Morgan fingerprint density at radius 3 is 2.56 bits per heavy atom. The highest BCUT2D eigenvalue weighted by Crippen LogP contribution is 2.35. The van der Waals surface area contributed by atoms with Crippen molar-refractivity contribution in [1.82, 2.24) is 9.88 Å². The third-order valence-electron chi connectivity index (χ3n) is 4.03. The third kappa shape index (κ3) is 4.02. The van der Waals surface area contributed by atoms with Gasteiger partial charge in [0.25, 0.3) is 0 Å². The van der Waals surface area contributed by atoms with Crippen LogP contribution in [0.3, 0.4) is 0 Å². The summed E-state index contributed by atoms with van der Waals surface area (Å²) in [5.74, 6) is -0.262. The average molecular weight is 363 g/mol. The molecule has 0 bridgehead atoms. The monoisotopic (exact) mass is 363 g/mol. The number of methoxy groups -OCH3 is 1. The smallest absolute Gasteiger partial charge is 0.382 e. The van der Waals surface area contributed by atoms with Gasteiger partial charge >= 0.3 is 12.2 Å². The summed E-state index contributed by atoms with van der Waals surface area (Å²) in [5, 5.41) is 10.1. The Labute approximate surface area is 142 Å². The molecule has 1 saturated heterocycles. The van der Waals surface area contributed by atoms with Gasteiger partial charge in [-0.15, -0.1) is 0 Å². The number of pyridine rings is 1. The summed E-state index contributed by atoms with van der Waals surface area (Å²) < 4.78 is 50.0. The Hall–Kier alpha value is -1.91. The van der Waals surface area contributed by atoms with Gasteiger partial charge in [-0.3, -0.25) is 0 Å². The summed E-state index contributed by atoms with van der Waals surface area (Å²) >= 11 is 0. The highest BCUT2D eigenvalue weighted by molar-refractivity contribution is 5.94. The summed E-state index contributed by atoms with van der Waals surface area (Å²) in [6.45, 7) is 1.69. The molecule has 2 atom stereocenters. The quantitative estimate of drug-likeness (QED) is 0.781. The van der Waals surface area contributed by atoms with E-state index in [4.69, 9.17) is 9.47 Å². The minimum Gasteiger partial charge on any atom is -0.382 e. The number of halogens is 3. The molecule has 0 aromatic carbocycles. The van der Waals surface area contributed by atoms with Gasteiger partial charge in [0.15, 0.2) is 6.23 Å². The standard InChI is InChI=1S/C15H20F3N3O4/c1-9-13(22)21(14(23)20(9)2)12-6-11(15(16,17)18)10(7-19-12)8-25-5-4-24-3/h6-7,9,13,22H,4-5,8H2,1-3H3. The first kappa shape index (κ1) is 19.4. The number of hydrogen-bond donors (Lipinski definition) is 1. The van der Waals surface area contributed by atoms with Crippen LogP contribution in [0, 0.1) is 0 Å². The molecule has 1 aromatic rings. The molecule has 2 heterocycles. The van der Waals surface area contributed by atoms with Crippen LogP contribution < -0.4 is 4.90 Å². The fourth-order valence-corrected chi connectivity index (χ4v) is 2.41. The minimum atomic E-state index is -4.65. The maximum atomic E-state index is 13.4. The van der Waals surface area contributed by atoms with E-state index in [2.05, 4.69) is 4.98 Å². The van der Waals surface area contributed by atoms with Crippen LogP contribution >= 0.6 is 0 Å². The summed E-state index contributed by atoms with van der Waals surface area (Å²) in [4.78, 5) is 18.1. The molecule has 1 fully saturated rings. The van der Waals surface area contributed by atoms with Crippen LogP contribution in [0.25, 0.3) is 0 Å². The number of carbonyl (C=O) groups is 1. The molecule has 0 aliphatic carbocycles. The van der Waals surface area contributed by atoms with Crippen molar-refractivity contribution < 1.29 is 32.5 Å². The molecule has 1 aliphatic heterocycles. The van der Waals surface area contributed by atoms with Gasteiger partial charge < -0.3 is 19.5 Å². The average Bonchev–Trinajstić information content (AvgIpc) is 2.74. The molecular weight excluding hydrogens is 343 g/mol. The molecule has 1 aromatic heterocycles. The number of likely N-dealkylation sites (N-methyl/N-ethyl adjacent to an activating group) is 1. The van der Waals surface area contributed by atoms with E-state index in [0.717, 1.165) is 17.2 Å². The maximum absolute atomic E-state index is 13.4. The number of alkyl halides is 3. The summed E-state index contributed by atoms with van der Waals surface area (Å²) in [6, 6.07) is -0.437. The number of aromatic nitrogens is 1. The largest absolute Gasteiger partial charge is 0.416 e. The Kier molecular flexibility index (Phi) is 5.86. The van der Waals surface area contributed by atoms with Gasteiger partial charge in [-0.1, -0.05) is 0 Å². The number of ether oxygens (including phenoxy) is 2. The Bertz CT molecular complexity index is 627. The van der Waals surface area contributed by atoms with Crippen molar-refractivity contribution in [1.29, 1.82) is 0 Å². The zero-order valence-corrected chi connectivity index (χ0v) is 14.1. The lowest BCUT2D eigenvalue weighted by Gasteiger charge is -2.21. The number of nitrogens with zero attached hydrogens (tertiary/aromatic N) is 3. The van der Waals surface area contributed by atoms with Gasteiger partial charge in [0, 0.05) is 25.9 Å². The van der Waals surface area contributed by atoms with E-state index in [9.17, 15) is 23.1 Å². The number of aliphatic hydroxyl groups is 1. The van der Waals surface area contributed by atoms with Crippen LogP contribution in [-0.2, 0) is 22.3 Å². The van der Waals surface area contributed by atoms with Crippen molar-refractivity contribution in [3.8, 4) is 0 Å². The third-order valence-corrected chi connectivity index (χ3v) is 4.03. The van der Waals surface area contributed by atoms with E-state index in [1.807, 2.05) is 0 Å². The Morgan fingerprint density at radius 2 is 2.04 bits per heavy atom. The molecule has 1 aliphatic rings. The van der Waals surface area contributed by atoms with Gasteiger partial charge in [-0.05, 0) is 13.0 Å². The highest BCUT2D eigenvalue weighted by Gasteiger charge is 2.43. The molecule has 7 nitrogen and oxygen atoms in total. The first-order chi connectivity index (χ1) is 11.7. The molecule has 25 heavy (non-hydrogen) atoms. The predicted octanol–water partition coefficient (Wildman–Crippen LogP) is 1.84. The lowest BCUT2D eigenvalue weighted by Crippen LogP contribution is -2.36. The number of aliphatic hydroxyl groups excluding tert-OH is 1. The van der Waals surface area contributed by atoms with Gasteiger partial charge in [-0.2, -0.15) is 13.2 Å². The number of amides is 2. The van der Waals surface area contributed by atoms with Crippen LogP contribution in [0.15, 0.2) is 12.3 Å². The summed E-state index contributed by atoms with van der Waals surface area (Å²) in [6.07, 6.45) is -4.92. The first-order valence-electron chi connectivity index (χ1n) is 7.55. The van der Waals surface area contributed by atoms with E-state index < -0.39 is 30.0 Å². The van der Waals surface area contributed by atoms with Crippen molar-refractivity contribution in [2.24, 2.45) is 0 Å². The highest BCUT2D eigenvalue weighted by atomic mass is 19.4. The number of anilines is 1. The van der Waals surface area contributed by atoms with Gasteiger partial charge in [0.1, 0.15) is 5.82 Å². The molecule has 2 rings (SSSR count). The van der Waals surface area contributed by atoms with Crippen molar-refractivity contribution in [3.05, 3.63) is 23.4 Å². The summed E-state index contributed by atoms with van der Waals surface area (Å²) in [5.41, 5.74) is -1.12. The SMILES string of the molecule is COCCOCc1cnc(N2C(=O)N(C)C(C)C2O)cc1C(F)(F)F. The van der Waals surface area contributed by atoms with Crippen molar-refractivity contribution >= 4 is 11.8 Å². The van der Waals surface area contributed by atoms with Crippen LogP contribution in [0.2, 0.25) is 0 Å². The predicted molar refractivity (Wildman–Crippen MR) is 81.9 cm³/mol. The van der Waals surface area contributed by atoms with Crippen molar-refractivity contribution in [2.75, 3.05) is 32.3 Å². The molecule has 1 N–H and O–H groups in total. The zero-order chi connectivity index (χ0) is 18.8. The number of carbonyl (C=O) groups excluding carboxylic acids is 1. The van der Waals surface area contributed by atoms with Crippen LogP contribution in [0.1, 0.15) is 18.1 Å². The second-order valence-corrected chi connectivity index (χ2v) is 5.66. The normalized spacial score (nSPS) is 21.3. The molecule has 10 heteroatoms. The lowest BCUT2D eigenvalue weighted by atomic mass is 10.1. The van der Waals surface area contributed by atoms with Gasteiger partial charge in [-0.25, -0.2) is 14.7 Å². The number of rotatable bonds is 6.